The molecule has 0 aliphatic rings. The summed E-state index contributed by atoms with van der Waals surface area (Å²) in [5.41, 5.74) is 18.7. The molecule has 2 unspecified atom stereocenters. The number of halogens is 2. The summed E-state index contributed by atoms with van der Waals surface area (Å²) >= 11 is 9.35. The minimum atomic E-state index is -1.10. The Morgan fingerprint density at radius 1 is 0.355 bits per heavy atom. The molecule has 0 bridgehead atoms. The van der Waals surface area contributed by atoms with Gasteiger partial charge in [0.05, 0.1) is 0 Å². The molecule has 0 fully saturated rings. The van der Waals surface area contributed by atoms with Crippen molar-refractivity contribution in [3.8, 4) is 22.7 Å². The van der Waals surface area contributed by atoms with E-state index in [1.54, 1.807) is 0 Å². The lowest BCUT2D eigenvalue weighted by atomic mass is 9.92. The SMILES string of the molecule is CC(C)c1cccc(C(C)C)c1-n1cc[n+](-c2c(C(C)C)cccc2C(C)C)c1P(Br)P(Br)c1n(-c2c(C(C)C)cccc2C(C)C)cc[n+]1-c1c(C(C)C)cccc1C(C)C. The molecule has 0 saturated carbocycles. The highest BCUT2D eigenvalue weighted by Crippen LogP contribution is 2.76. The lowest BCUT2D eigenvalue weighted by molar-refractivity contribution is -0.576. The molecule has 0 N–H and O–H groups in total. The molecule has 8 heteroatoms. The highest BCUT2D eigenvalue weighted by molar-refractivity contribution is 9.60. The van der Waals surface area contributed by atoms with Crippen molar-refractivity contribution < 1.29 is 9.13 Å². The predicted molar refractivity (Wildman–Crippen MR) is 278 cm³/mol. The summed E-state index contributed by atoms with van der Waals surface area (Å²) in [6, 6.07) is 27.8. The summed E-state index contributed by atoms with van der Waals surface area (Å²) in [4.78, 5) is 0. The molecule has 0 aliphatic carbocycles. The first kappa shape index (κ1) is 48.6. The van der Waals surface area contributed by atoms with Crippen LogP contribution in [0.4, 0.5) is 0 Å². The first-order valence-electron chi connectivity index (χ1n) is 23.0. The van der Waals surface area contributed by atoms with Crippen molar-refractivity contribution >= 4 is 54.7 Å². The Morgan fingerprint density at radius 3 is 0.774 bits per heavy atom. The topological polar surface area (TPSA) is 17.6 Å². The molecule has 4 nitrogen and oxygen atoms in total. The molecule has 0 aliphatic heterocycles. The van der Waals surface area contributed by atoms with Gasteiger partial charge in [0, 0.05) is 44.5 Å². The van der Waals surface area contributed by atoms with Crippen molar-refractivity contribution in [3.63, 3.8) is 0 Å². The van der Waals surface area contributed by atoms with Gasteiger partial charge >= 0.3 is 11.1 Å². The molecule has 0 amide bonds. The highest BCUT2D eigenvalue weighted by Gasteiger charge is 2.44. The Labute approximate surface area is 393 Å². The number of nitrogens with zero attached hydrogens (tertiary/aromatic N) is 4. The predicted octanol–water partition coefficient (Wildman–Crippen LogP) is 16.3. The molecule has 0 saturated heterocycles. The van der Waals surface area contributed by atoms with Crippen LogP contribution in [0.5, 0.6) is 0 Å². The Hall–Kier alpha value is -2.88. The van der Waals surface area contributed by atoms with E-state index in [4.69, 9.17) is 0 Å². The van der Waals surface area contributed by atoms with Crippen molar-refractivity contribution in [2.24, 2.45) is 0 Å². The third-order valence-corrected chi connectivity index (χ3v) is 27.7. The zero-order chi connectivity index (χ0) is 45.5. The second-order valence-corrected chi connectivity index (χ2v) is 31.4. The van der Waals surface area contributed by atoms with Crippen molar-refractivity contribution in [2.45, 2.75) is 158 Å². The molecular weight excluding hydrogens is 926 g/mol. The maximum Gasteiger partial charge on any atom is 0.303 e. The molecule has 0 radical (unpaired) electrons. The molecule has 62 heavy (non-hydrogen) atoms. The van der Waals surface area contributed by atoms with Crippen molar-refractivity contribution in [2.75, 3.05) is 0 Å². The zero-order valence-electron chi connectivity index (χ0n) is 40.3. The molecule has 2 atom stereocenters. The second kappa shape index (κ2) is 20.1. The average Bonchev–Trinajstić information content (AvgIpc) is 3.86. The number of para-hydroxylation sites is 4. The number of aromatic nitrogens is 4. The summed E-state index contributed by atoms with van der Waals surface area (Å²) in [5.74, 6) is 2.76. The van der Waals surface area contributed by atoms with Gasteiger partial charge in [-0.3, -0.25) is 0 Å². The molecule has 330 valence electrons. The van der Waals surface area contributed by atoms with E-state index >= 15 is 0 Å². The molecule has 4 aromatic carbocycles. The van der Waals surface area contributed by atoms with E-state index in [0.29, 0.717) is 47.3 Å². The van der Waals surface area contributed by atoms with Gasteiger partial charge in [-0.2, -0.15) is 18.3 Å². The summed E-state index contributed by atoms with van der Waals surface area (Å²) in [6.45, 7) is 37.4. The van der Waals surface area contributed by atoms with Crippen LogP contribution in [-0.2, 0) is 0 Å². The summed E-state index contributed by atoms with van der Waals surface area (Å²) < 4.78 is 10.3. The number of hydrogen-bond donors (Lipinski definition) is 0. The zero-order valence-corrected chi connectivity index (χ0v) is 45.3. The maximum atomic E-state index is 4.68. The van der Waals surface area contributed by atoms with Gasteiger partial charge < -0.3 is 0 Å². The Kier molecular flexibility index (Phi) is 15.8. The van der Waals surface area contributed by atoms with Crippen LogP contribution in [0.2, 0.25) is 0 Å². The maximum absolute atomic E-state index is 4.68. The fourth-order valence-electron chi connectivity index (χ4n) is 9.14. The van der Waals surface area contributed by atoms with Crippen LogP contribution in [0.25, 0.3) is 22.7 Å². The lowest BCUT2D eigenvalue weighted by Crippen LogP contribution is -2.49. The summed E-state index contributed by atoms with van der Waals surface area (Å²) in [5, 5.41) is 0. The first-order chi connectivity index (χ1) is 29.3. The van der Waals surface area contributed by atoms with Gasteiger partial charge in [0.25, 0.3) is 0 Å². The van der Waals surface area contributed by atoms with Gasteiger partial charge in [-0.15, -0.1) is 0 Å². The summed E-state index contributed by atoms with van der Waals surface area (Å²) in [6.07, 6.45) is 7.24. The van der Waals surface area contributed by atoms with E-state index in [1.165, 1.54) is 78.4 Å². The van der Waals surface area contributed by atoms with Crippen molar-refractivity contribution in [1.29, 1.82) is 0 Å². The first-order valence-corrected chi connectivity index (χ1v) is 30.4. The normalized spacial score (nSPS) is 13.4. The molecule has 2 aromatic heterocycles. The number of benzene rings is 4. The van der Waals surface area contributed by atoms with E-state index in [-0.39, 0.29) is 0 Å². The molecular formula is C54H72Br2N4P2+2. The largest absolute Gasteiger partial charge is 0.303 e. The minimum Gasteiger partial charge on any atom is -0.194 e. The summed E-state index contributed by atoms with van der Waals surface area (Å²) in [7, 11) is 0. The van der Waals surface area contributed by atoms with Crippen molar-refractivity contribution in [3.05, 3.63) is 142 Å². The van der Waals surface area contributed by atoms with E-state index < -0.39 is 12.6 Å². The standard InChI is InChI=1S/C54H72Br2N4P2/c1-33(2)41-21-17-22-42(34(3)4)49(41)57-29-30-58(50-43(35(5)6)23-18-24-44(50)36(7)8)53(57)61(55)62(56)54-59(51-45(37(9)10)25-19-26-46(51)38(11)12)31-32-60(54)52-47(39(13)14)27-20-28-48(52)40(15)16/h17-40H,1-16H3/q+2. The van der Waals surface area contributed by atoms with Crippen LogP contribution in [0.15, 0.2) is 97.6 Å². The monoisotopic (exact) mass is 996 g/mol. The van der Waals surface area contributed by atoms with Gasteiger partial charge in [-0.25, -0.2) is 0 Å². The fourth-order valence-corrected chi connectivity index (χ4v) is 17.5. The van der Waals surface area contributed by atoms with E-state index in [9.17, 15) is 0 Å². The van der Waals surface area contributed by atoms with Gasteiger partial charge in [0.15, 0.2) is 0 Å². The third kappa shape index (κ3) is 9.29. The van der Waals surface area contributed by atoms with Crippen LogP contribution in [0.3, 0.4) is 0 Å². The van der Waals surface area contributed by atoms with Gasteiger partial charge in [0.1, 0.15) is 60.2 Å². The number of hydrogen-bond acceptors (Lipinski definition) is 0. The van der Waals surface area contributed by atoms with Gasteiger partial charge in [0.2, 0.25) is 0 Å². The van der Waals surface area contributed by atoms with Crippen LogP contribution < -0.4 is 20.3 Å². The van der Waals surface area contributed by atoms with Crippen LogP contribution in [0, 0.1) is 0 Å². The lowest BCUT2D eigenvalue weighted by Gasteiger charge is -2.23. The highest BCUT2D eigenvalue weighted by atomic mass is 79.9. The van der Waals surface area contributed by atoms with Gasteiger partial charge in [-0.1, -0.05) is 184 Å². The van der Waals surface area contributed by atoms with E-state index in [0.717, 1.165) is 0 Å². The van der Waals surface area contributed by atoms with Gasteiger partial charge in [-0.05, 0) is 78.3 Å². The molecule has 6 rings (SSSR count). The van der Waals surface area contributed by atoms with Crippen LogP contribution >= 0.6 is 43.6 Å². The quantitative estimate of drug-likeness (QED) is 0.0721. The minimum absolute atomic E-state index is 0.344. The van der Waals surface area contributed by atoms with E-state index in [1.807, 2.05) is 0 Å². The van der Waals surface area contributed by atoms with Crippen LogP contribution in [-0.4, -0.2) is 9.13 Å². The third-order valence-electron chi connectivity index (χ3n) is 12.4. The average molecular weight is 999 g/mol. The fraction of sp³-hybridized carbons (Fsp3) is 0.444. The van der Waals surface area contributed by atoms with E-state index in [2.05, 4.69) is 258 Å². The number of rotatable bonds is 15. The Balaban J connectivity index is 1.80. The molecule has 6 aromatic rings. The second-order valence-electron chi connectivity index (χ2n) is 19.6. The smallest absolute Gasteiger partial charge is 0.194 e. The van der Waals surface area contributed by atoms with Crippen LogP contribution in [0.1, 0.15) is 203 Å². The number of imidazole rings is 2. The Bertz CT molecular complexity index is 2060. The van der Waals surface area contributed by atoms with Crippen molar-refractivity contribution in [1.82, 2.24) is 9.13 Å². The molecule has 0 spiro atoms. The molecule has 2 heterocycles. The Morgan fingerprint density at radius 2 is 0.565 bits per heavy atom.